The molecule has 0 aromatic heterocycles. The minimum atomic E-state index is -0.434. The van der Waals surface area contributed by atoms with Crippen LogP contribution in [-0.4, -0.2) is 31.3 Å². The fraction of sp³-hybridized carbons (Fsp3) is 0.545. The van der Waals surface area contributed by atoms with Gasteiger partial charge in [-0.1, -0.05) is 26.3 Å². The molecule has 0 heterocycles. The maximum Gasteiger partial charge on any atom is 0.338 e. The molecule has 27 heavy (non-hydrogen) atoms. The fourth-order valence-electron chi connectivity index (χ4n) is 3.33. The van der Waals surface area contributed by atoms with Gasteiger partial charge in [-0.3, -0.25) is 0 Å². The largest absolute Gasteiger partial charge is 0.493 e. The van der Waals surface area contributed by atoms with Crippen molar-refractivity contribution in [1.29, 1.82) is 0 Å². The van der Waals surface area contributed by atoms with Gasteiger partial charge in [-0.2, -0.15) is 0 Å². The average molecular weight is 374 g/mol. The van der Waals surface area contributed by atoms with Crippen LogP contribution in [0.1, 0.15) is 62.2 Å². The fourth-order valence-corrected chi connectivity index (χ4v) is 3.33. The molecule has 0 N–H and O–H groups in total. The molecule has 1 aromatic carbocycles. The number of carbonyl (C=O) groups excluding carboxylic acids is 2. The monoisotopic (exact) mass is 374 g/mol. The number of carbonyl (C=O) groups is 2. The summed E-state index contributed by atoms with van der Waals surface area (Å²) in [6, 6.07) is 6.95. The van der Waals surface area contributed by atoms with E-state index in [2.05, 4.69) is 13.5 Å². The summed E-state index contributed by atoms with van der Waals surface area (Å²) in [6.45, 7) is 6.27. The molecule has 0 amide bonds. The number of benzene rings is 1. The van der Waals surface area contributed by atoms with Gasteiger partial charge in [0.25, 0.3) is 0 Å². The molecule has 0 radical (unpaired) electrons. The Morgan fingerprint density at radius 2 is 1.81 bits per heavy atom. The molecular weight excluding hydrogens is 344 g/mol. The summed E-state index contributed by atoms with van der Waals surface area (Å²) in [5, 5.41) is 0. The second-order valence-electron chi connectivity index (χ2n) is 6.93. The van der Waals surface area contributed by atoms with Crippen molar-refractivity contribution in [2.75, 3.05) is 13.2 Å². The van der Waals surface area contributed by atoms with Crippen LogP contribution in [0.15, 0.2) is 36.9 Å². The van der Waals surface area contributed by atoms with E-state index in [4.69, 9.17) is 14.2 Å². The van der Waals surface area contributed by atoms with Crippen molar-refractivity contribution in [3.63, 3.8) is 0 Å². The van der Waals surface area contributed by atoms with Crippen LogP contribution in [0.2, 0.25) is 0 Å². The molecule has 1 fully saturated rings. The SMILES string of the molecule is C=CC(=O)OCCCOc1ccc(C(=O)OC2CCC(CCC)CC2)cc1. The molecule has 0 atom stereocenters. The highest BCUT2D eigenvalue weighted by Crippen LogP contribution is 2.29. The molecule has 0 unspecified atom stereocenters. The highest BCUT2D eigenvalue weighted by atomic mass is 16.5. The van der Waals surface area contributed by atoms with Gasteiger partial charge in [-0.25, -0.2) is 9.59 Å². The zero-order chi connectivity index (χ0) is 19.5. The number of esters is 2. The van der Waals surface area contributed by atoms with E-state index in [0.29, 0.717) is 24.3 Å². The quantitative estimate of drug-likeness (QED) is 0.337. The molecule has 0 aliphatic heterocycles. The minimum absolute atomic E-state index is 0.0415. The molecule has 1 aromatic rings. The summed E-state index contributed by atoms with van der Waals surface area (Å²) in [5.74, 6) is 0.761. The van der Waals surface area contributed by atoms with Crippen molar-refractivity contribution in [1.82, 2.24) is 0 Å². The lowest BCUT2D eigenvalue weighted by Gasteiger charge is -2.28. The Morgan fingerprint density at radius 1 is 1.11 bits per heavy atom. The van der Waals surface area contributed by atoms with E-state index in [9.17, 15) is 9.59 Å². The molecular formula is C22H30O5. The summed E-state index contributed by atoms with van der Waals surface area (Å²) in [6.07, 6.45) is 8.51. The van der Waals surface area contributed by atoms with E-state index in [-0.39, 0.29) is 18.7 Å². The Balaban J connectivity index is 1.69. The van der Waals surface area contributed by atoms with Crippen LogP contribution in [0.25, 0.3) is 0 Å². The van der Waals surface area contributed by atoms with Gasteiger partial charge in [0.1, 0.15) is 11.9 Å². The summed E-state index contributed by atoms with van der Waals surface area (Å²) in [7, 11) is 0. The number of hydrogen-bond acceptors (Lipinski definition) is 5. The van der Waals surface area contributed by atoms with E-state index in [0.717, 1.165) is 37.7 Å². The van der Waals surface area contributed by atoms with E-state index in [1.54, 1.807) is 24.3 Å². The lowest BCUT2D eigenvalue weighted by molar-refractivity contribution is -0.137. The zero-order valence-electron chi connectivity index (χ0n) is 16.2. The Morgan fingerprint density at radius 3 is 2.44 bits per heavy atom. The highest BCUT2D eigenvalue weighted by Gasteiger charge is 2.23. The second kappa shape index (κ2) is 11.4. The van der Waals surface area contributed by atoms with Crippen LogP contribution >= 0.6 is 0 Å². The Bertz CT molecular complexity index is 600. The standard InChI is InChI=1S/C22H30O5/c1-3-6-17-7-11-20(12-8-17)27-22(24)18-9-13-19(14-10-18)25-15-5-16-26-21(23)4-2/h4,9-10,13-14,17,20H,2-3,5-8,11-12,15-16H2,1H3. The first-order valence-corrected chi connectivity index (χ1v) is 9.85. The first kappa shape index (κ1) is 21.0. The first-order chi connectivity index (χ1) is 13.1. The third-order valence-electron chi connectivity index (χ3n) is 4.82. The molecule has 2 rings (SSSR count). The van der Waals surface area contributed by atoms with Gasteiger partial charge < -0.3 is 14.2 Å². The van der Waals surface area contributed by atoms with E-state index >= 15 is 0 Å². The molecule has 148 valence electrons. The number of ether oxygens (including phenoxy) is 3. The lowest BCUT2D eigenvalue weighted by atomic mass is 9.85. The maximum atomic E-state index is 12.3. The summed E-state index contributed by atoms with van der Waals surface area (Å²) < 4.78 is 16.1. The van der Waals surface area contributed by atoms with Crippen LogP contribution in [0.4, 0.5) is 0 Å². The highest BCUT2D eigenvalue weighted by molar-refractivity contribution is 5.89. The van der Waals surface area contributed by atoms with Crippen LogP contribution in [0.3, 0.4) is 0 Å². The molecule has 0 saturated heterocycles. The predicted octanol–water partition coefficient (Wildman–Crippen LogP) is 4.70. The molecule has 5 nitrogen and oxygen atoms in total. The van der Waals surface area contributed by atoms with Crippen LogP contribution in [0.5, 0.6) is 5.75 Å². The van der Waals surface area contributed by atoms with Crippen molar-refractivity contribution in [2.45, 2.75) is 58.0 Å². The van der Waals surface area contributed by atoms with E-state index in [1.165, 1.54) is 12.8 Å². The minimum Gasteiger partial charge on any atom is -0.493 e. The van der Waals surface area contributed by atoms with Gasteiger partial charge >= 0.3 is 11.9 Å². The summed E-state index contributed by atoms with van der Waals surface area (Å²) >= 11 is 0. The molecule has 0 spiro atoms. The summed E-state index contributed by atoms with van der Waals surface area (Å²) in [5.41, 5.74) is 0.540. The van der Waals surface area contributed by atoms with Crippen molar-refractivity contribution < 1.29 is 23.8 Å². The molecule has 1 saturated carbocycles. The molecule has 1 aliphatic rings. The van der Waals surface area contributed by atoms with Crippen molar-refractivity contribution in [2.24, 2.45) is 5.92 Å². The second-order valence-corrected chi connectivity index (χ2v) is 6.93. The Hall–Kier alpha value is -2.30. The molecule has 0 bridgehead atoms. The van der Waals surface area contributed by atoms with Crippen molar-refractivity contribution in [3.8, 4) is 5.75 Å². The van der Waals surface area contributed by atoms with Crippen molar-refractivity contribution in [3.05, 3.63) is 42.5 Å². The van der Waals surface area contributed by atoms with Crippen molar-refractivity contribution >= 4 is 11.9 Å². The normalized spacial score (nSPS) is 19.1. The van der Waals surface area contributed by atoms with E-state index < -0.39 is 5.97 Å². The maximum absolute atomic E-state index is 12.3. The topological polar surface area (TPSA) is 61.8 Å². The Labute approximate surface area is 161 Å². The smallest absolute Gasteiger partial charge is 0.338 e. The average Bonchev–Trinajstić information content (AvgIpc) is 2.69. The van der Waals surface area contributed by atoms with Gasteiger partial charge in [-0.05, 0) is 55.9 Å². The third-order valence-corrected chi connectivity index (χ3v) is 4.82. The van der Waals surface area contributed by atoms with Gasteiger partial charge in [-0.15, -0.1) is 0 Å². The predicted molar refractivity (Wildman–Crippen MR) is 104 cm³/mol. The Kier molecular flexibility index (Phi) is 8.89. The molecule has 5 heteroatoms. The number of rotatable bonds is 10. The van der Waals surface area contributed by atoms with Crippen LogP contribution in [-0.2, 0) is 14.3 Å². The van der Waals surface area contributed by atoms with Gasteiger partial charge in [0.15, 0.2) is 0 Å². The van der Waals surface area contributed by atoms with E-state index in [1.807, 2.05) is 0 Å². The zero-order valence-corrected chi connectivity index (χ0v) is 16.2. The van der Waals surface area contributed by atoms with Gasteiger partial charge in [0, 0.05) is 12.5 Å². The number of hydrogen-bond donors (Lipinski definition) is 0. The lowest BCUT2D eigenvalue weighted by Crippen LogP contribution is -2.24. The third kappa shape index (κ3) is 7.45. The molecule has 1 aliphatic carbocycles. The first-order valence-electron chi connectivity index (χ1n) is 9.85. The summed E-state index contributed by atoms with van der Waals surface area (Å²) in [4.78, 5) is 23.2. The van der Waals surface area contributed by atoms with Gasteiger partial charge in [0.05, 0.1) is 18.8 Å². The van der Waals surface area contributed by atoms with Crippen LogP contribution < -0.4 is 4.74 Å². The van der Waals surface area contributed by atoms with Crippen LogP contribution in [0, 0.1) is 5.92 Å². The van der Waals surface area contributed by atoms with Gasteiger partial charge in [0.2, 0.25) is 0 Å².